The van der Waals surface area contributed by atoms with Crippen LogP contribution >= 0.6 is 11.6 Å². The van der Waals surface area contributed by atoms with Crippen LogP contribution in [0.5, 0.6) is 0 Å². The molecular weight excluding hydrogens is 262 g/mol. The first-order valence-electron chi connectivity index (χ1n) is 6.60. The Morgan fingerprint density at radius 3 is 2.74 bits per heavy atom. The minimum absolute atomic E-state index is 0.00176. The Hall–Kier alpha value is -1.10. The third-order valence-corrected chi connectivity index (χ3v) is 3.86. The summed E-state index contributed by atoms with van der Waals surface area (Å²) in [5.74, 6) is -0.00176. The molecule has 0 radical (unpaired) electrons. The fourth-order valence-corrected chi connectivity index (χ4v) is 2.52. The molecule has 5 heteroatoms. The Morgan fingerprint density at radius 1 is 1.42 bits per heavy atom. The Bertz CT molecular complexity index is 438. The second-order valence-corrected chi connectivity index (χ2v) is 5.29. The molecule has 1 aromatic rings. The van der Waals surface area contributed by atoms with Crippen LogP contribution in [0.2, 0.25) is 5.02 Å². The zero-order chi connectivity index (χ0) is 13.8. The number of anilines is 1. The van der Waals surface area contributed by atoms with E-state index in [0.717, 1.165) is 37.4 Å². The summed E-state index contributed by atoms with van der Waals surface area (Å²) in [5, 5.41) is 6.81. The molecule has 0 aromatic heterocycles. The van der Waals surface area contributed by atoms with Crippen molar-refractivity contribution in [2.45, 2.75) is 19.9 Å². The Morgan fingerprint density at radius 2 is 2.11 bits per heavy atom. The highest BCUT2D eigenvalue weighted by molar-refractivity contribution is 6.34. The third kappa shape index (κ3) is 3.47. The van der Waals surface area contributed by atoms with Crippen LogP contribution in [0, 0.1) is 6.92 Å². The number of carbonyl (C=O) groups excluding carboxylic acids is 1. The van der Waals surface area contributed by atoms with Crippen molar-refractivity contribution in [3.8, 4) is 0 Å². The maximum absolute atomic E-state index is 12.3. The lowest BCUT2D eigenvalue weighted by Crippen LogP contribution is -2.51. The number of hydrogen-bond donors (Lipinski definition) is 2. The van der Waals surface area contributed by atoms with Crippen LogP contribution in [0.25, 0.3) is 0 Å². The number of aryl methyl sites for hydroxylation is 1. The van der Waals surface area contributed by atoms with Gasteiger partial charge in [-0.05, 0) is 25.5 Å². The molecule has 1 atom stereocenters. The molecule has 0 aliphatic carbocycles. The zero-order valence-electron chi connectivity index (χ0n) is 11.4. The molecule has 2 N–H and O–H groups in total. The summed E-state index contributed by atoms with van der Waals surface area (Å²) < 4.78 is 0. The van der Waals surface area contributed by atoms with Crippen molar-refractivity contribution in [2.24, 2.45) is 0 Å². The number of piperazine rings is 1. The van der Waals surface area contributed by atoms with Crippen molar-refractivity contribution in [3.05, 3.63) is 28.8 Å². The minimum atomic E-state index is -0.141. The molecule has 1 unspecified atom stereocenters. The van der Waals surface area contributed by atoms with Crippen LogP contribution in [0.3, 0.4) is 0 Å². The molecule has 0 bridgehead atoms. The minimum Gasteiger partial charge on any atom is -0.323 e. The molecule has 1 aliphatic rings. The largest absolute Gasteiger partial charge is 0.323 e. The summed E-state index contributed by atoms with van der Waals surface area (Å²) in [6.07, 6.45) is 0. The van der Waals surface area contributed by atoms with Crippen molar-refractivity contribution >= 4 is 23.2 Å². The van der Waals surface area contributed by atoms with Crippen molar-refractivity contribution in [1.82, 2.24) is 10.2 Å². The number of rotatable bonds is 3. The first-order valence-corrected chi connectivity index (χ1v) is 6.98. The Balaban J connectivity index is 2.04. The lowest BCUT2D eigenvalue weighted by atomic mass is 10.1. The average Bonchev–Trinajstić information content (AvgIpc) is 2.43. The Labute approximate surface area is 119 Å². The standard InChI is InChI=1S/C14H20ClN3O/c1-10-4-3-5-12(15)13(10)17-14(19)11(2)18-8-6-16-7-9-18/h3-5,11,16H,6-9H2,1-2H3,(H,17,19). The summed E-state index contributed by atoms with van der Waals surface area (Å²) in [6.45, 7) is 7.54. The summed E-state index contributed by atoms with van der Waals surface area (Å²) in [6, 6.07) is 5.47. The number of carbonyl (C=O) groups is 1. The number of hydrogen-bond acceptors (Lipinski definition) is 3. The van der Waals surface area contributed by atoms with Gasteiger partial charge in [0.05, 0.1) is 16.8 Å². The number of nitrogens with one attached hydrogen (secondary N) is 2. The highest BCUT2D eigenvalue weighted by atomic mass is 35.5. The normalized spacial score (nSPS) is 18.1. The lowest BCUT2D eigenvalue weighted by Gasteiger charge is -2.32. The van der Waals surface area contributed by atoms with Crippen LogP contribution in [0.1, 0.15) is 12.5 Å². The van der Waals surface area contributed by atoms with Gasteiger partial charge >= 0.3 is 0 Å². The number of amides is 1. The van der Waals surface area contributed by atoms with E-state index in [4.69, 9.17) is 11.6 Å². The number of halogens is 1. The molecule has 104 valence electrons. The van der Waals surface area contributed by atoms with Gasteiger partial charge in [0.2, 0.25) is 5.91 Å². The van der Waals surface area contributed by atoms with Crippen molar-refractivity contribution in [1.29, 1.82) is 0 Å². The van der Waals surface area contributed by atoms with E-state index in [1.165, 1.54) is 0 Å². The molecule has 2 rings (SSSR count). The van der Waals surface area contributed by atoms with E-state index >= 15 is 0 Å². The van der Waals surface area contributed by atoms with Crippen LogP contribution < -0.4 is 10.6 Å². The second kappa shape index (κ2) is 6.37. The van der Waals surface area contributed by atoms with Gasteiger partial charge < -0.3 is 10.6 Å². The van der Waals surface area contributed by atoms with Crippen LogP contribution in [0.4, 0.5) is 5.69 Å². The van der Waals surface area contributed by atoms with Gasteiger partial charge in [-0.3, -0.25) is 9.69 Å². The molecule has 1 heterocycles. The van der Waals surface area contributed by atoms with Gasteiger partial charge in [-0.25, -0.2) is 0 Å². The zero-order valence-corrected chi connectivity index (χ0v) is 12.1. The molecule has 1 aliphatic heterocycles. The smallest absolute Gasteiger partial charge is 0.241 e. The molecule has 1 aromatic carbocycles. The van der Waals surface area contributed by atoms with Crippen molar-refractivity contribution < 1.29 is 4.79 Å². The van der Waals surface area contributed by atoms with Crippen molar-refractivity contribution in [3.63, 3.8) is 0 Å². The lowest BCUT2D eigenvalue weighted by molar-refractivity contribution is -0.120. The first kappa shape index (κ1) is 14.3. The van der Waals surface area contributed by atoms with E-state index in [9.17, 15) is 4.79 Å². The summed E-state index contributed by atoms with van der Waals surface area (Å²) >= 11 is 6.13. The predicted octanol–water partition coefficient (Wildman–Crippen LogP) is 1.88. The SMILES string of the molecule is Cc1cccc(Cl)c1NC(=O)C(C)N1CCNCC1. The van der Waals surface area contributed by atoms with Crippen LogP contribution in [-0.4, -0.2) is 43.0 Å². The third-order valence-electron chi connectivity index (χ3n) is 3.55. The van der Waals surface area contributed by atoms with Gasteiger partial charge in [0.15, 0.2) is 0 Å². The molecular formula is C14H20ClN3O. The van der Waals surface area contributed by atoms with Crippen LogP contribution in [-0.2, 0) is 4.79 Å². The highest BCUT2D eigenvalue weighted by Crippen LogP contribution is 2.25. The molecule has 1 saturated heterocycles. The average molecular weight is 282 g/mol. The van der Waals surface area contributed by atoms with E-state index < -0.39 is 0 Å². The summed E-state index contributed by atoms with van der Waals surface area (Å²) in [7, 11) is 0. The Kier molecular flexibility index (Phi) is 4.80. The van der Waals surface area contributed by atoms with Gasteiger partial charge in [0.1, 0.15) is 0 Å². The van der Waals surface area contributed by atoms with E-state index in [2.05, 4.69) is 15.5 Å². The maximum atomic E-state index is 12.3. The number of benzene rings is 1. The number of nitrogens with zero attached hydrogens (tertiary/aromatic N) is 1. The molecule has 19 heavy (non-hydrogen) atoms. The second-order valence-electron chi connectivity index (χ2n) is 4.88. The molecule has 4 nitrogen and oxygen atoms in total. The van der Waals surface area contributed by atoms with E-state index in [0.29, 0.717) is 5.02 Å². The molecule has 1 fully saturated rings. The fourth-order valence-electron chi connectivity index (χ4n) is 2.25. The van der Waals surface area contributed by atoms with Gasteiger partial charge in [-0.15, -0.1) is 0 Å². The molecule has 0 spiro atoms. The summed E-state index contributed by atoms with van der Waals surface area (Å²) in [4.78, 5) is 14.5. The quantitative estimate of drug-likeness (QED) is 0.889. The van der Waals surface area contributed by atoms with E-state index in [1.807, 2.05) is 26.0 Å². The number of para-hydroxylation sites is 1. The maximum Gasteiger partial charge on any atom is 0.241 e. The predicted molar refractivity (Wildman–Crippen MR) is 78.7 cm³/mol. The molecule has 0 saturated carbocycles. The van der Waals surface area contributed by atoms with Gasteiger partial charge in [-0.2, -0.15) is 0 Å². The van der Waals surface area contributed by atoms with Gasteiger partial charge in [0.25, 0.3) is 0 Å². The molecule has 1 amide bonds. The topological polar surface area (TPSA) is 44.4 Å². The van der Waals surface area contributed by atoms with Crippen molar-refractivity contribution in [2.75, 3.05) is 31.5 Å². The monoisotopic (exact) mass is 281 g/mol. The van der Waals surface area contributed by atoms with Gasteiger partial charge in [0, 0.05) is 26.2 Å². The van der Waals surface area contributed by atoms with Crippen LogP contribution in [0.15, 0.2) is 18.2 Å². The van der Waals surface area contributed by atoms with E-state index in [1.54, 1.807) is 6.07 Å². The fraction of sp³-hybridized carbons (Fsp3) is 0.500. The van der Waals surface area contributed by atoms with Gasteiger partial charge in [-0.1, -0.05) is 23.7 Å². The first-order chi connectivity index (χ1) is 9.09. The summed E-state index contributed by atoms with van der Waals surface area (Å²) in [5.41, 5.74) is 1.70. The van der Waals surface area contributed by atoms with E-state index in [-0.39, 0.29) is 11.9 Å². The highest BCUT2D eigenvalue weighted by Gasteiger charge is 2.23.